The molecular formula is C28H32N3O2+. The van der Waals surface area contributed by atoms with Crippen LogP contribution < -0.4 is 0 Å². The SMILES string of the molecule is C[C@H](c1ccccc1)N(Cc1ccccc1)[C@@H](/C([N+]#N)=C(\O)OC(C)(C)C)c1ccccc1. The van der Waals surface area contributed by atoms with Gasteiger partial charge < -0.3 is 9.84 Å². The molecule has 5 nitrogen and oxygen atoms in total. The van der Waals surface area contributed by atoms with Crippen molar-refractivity contribution in [3.8, 4) is 0 Å². The van der Waals surface area contributed by atoms with E-state index in [4.69, 9.17) is 4.74 Å². The Hall–Kier alpha value is -3.62. The molecule has 0 aliphatic rings. The minimum absolute atomic E-state index is 0.0594. The molecule has 0 bridgehead atoms. The van der Waals surface area contributed by atoms with Gasteiger partial charge in [-0.15, -0.1) is 0 Å². The lowest BCUT2D eigenvalue weighted by atomic mass is 9.96. The van der Waals surface area contributed by atoms with Crippen LogP contribution in [0.1, 0.15) is 56.5 Å². The number of rotatable bonds is 8. The van der Waals surface area contributed by atoms with Crippen LogP contribution in [0.25, 0.3) is 4.98 Å². The van der Waals surface area contributed by atoms with Crippen molar-refractivity contribution in [1.29, 1.82) is 5.39 Å². The maximum Gasteiger partial charge on any atom is 0.461 e. The molecule has 0 saturated heterocycles. The highest BCUT2D eigenvalue weighted by molar-refractivity contribution is 5.33. The molecule has 0 aliphatic heterocycles. The second kappa shape index (κ2) is 10.8. The molecule has 0 amide bonds. The maximum absolute atomic E-state index is 10.9. The van der Waals surface area contributed by atoms with Crippen LogP contribution in [0.2, 0.25) is 0 Å². The van der Waals surface area contributed by atoms with Gasteiger partial charge in [-0.2, -0.15) is 0 Å². The standard InChI is InChI=1S/C28H31N3O2/c1-21(23-16-10-6-11-17-23)31(20-22-14-8-5-9-15-22)26(24-18-12-7-13-19-24)25(30-29)27(32)33-28(2,3)4/h5-19,21,26H,20H2,1-4H3/p+1/b27-25-/t21-,26-/m1/s1. The molecule has 0 fully saturated rings. The number of aliphatic hydroxyl groups is 1. The molecule has 0 spiro atoms. The van der Waals surface area contributed by atoms with Crippen molar-refractivity contribution in [3.63, 3.8) is 0 Å². The minimum atomic E-state index is -0.656. The smallest absolute Gasteiger partial charge is 0.461 e. The highest BCUT2D eigenvalue weighted by atomic mass is 16.6. The van der Waals surface area contributed by atoms with Crippen LogP contribution in [-0.2, 0) is 11.3 Å². The number of diazo groups is 1. The number of nitrogens with zero attached hydrogens (tertiary/aromatic N) is 3. The normalized spacial score (nSPS) is 14.2. The van der Waals surface area contributed by atoms with Crippen molar-refractivity contribution >= 4 is 0 Å². The van der Waals surface area contributed by atoms with Crippen LogP contribution >= 0.6 is 0 Å². The number of ether oxygens (including phenoxy) is 1. The Morgan fingerprint density at radius 3 is 1.85 bits per heavy atom. The molecule has 0 aromatic heterocycles. The number of hydrogen-bond acceptors (Lipinski definition) is 4. The van der Waals surface area contributed by atoms with Gasteiger partial charge in [0, 0.05) is 12.6 Å². The molecule has 3 aromatic carbocycles. The summed E-state index contributed by atoms with van der Waals surface area (Å²) in [6.45, 7) is 8.20. The Balaban J connectivity index is 2.18. The van der Waals surface area contributed by atoms with E-state index in [-0.39, 0.29) is 11.7 Å². The van der Waals surface area contributed by atoms with E-state index in [2.05, 4.69) is 41.1 Å². The fourth-order valence-corrected chi connectivity index (χ4v) is 3.87. The number of benzene rings is 3. The average molecular weight is 443 g/mol. The largest absolute Gasteiger partial charge is 0.475 e. The summed E-state index contributed by atoms with van der Waals surface area (Å²) < 4.78 is 5.73. The molecule has 33 heavy (non-hydrogen) atoms. The second-order valence-corrected chi connectivity index (χ2v) is 9.06. The third kappa shape index (κ3) is 6.44. The fourth-order valence-electron chi connectivity index (χ4n) is 3.87. The Kier molecular flexibility index (Phi) is 7.87. The van der Waals surface area contributed by atoms with Crippen molar-refractivity contribution < 1.29 is 9.84 Å². The summed E-state index contributed by atoms with van der Waals surface area (Å²) in [6.07, 6.45) is 0. The van der Waals surface area contributed by atoms with Crippen LogP contribution in [0, 0.1) is 5.39 Å². The lowest BCUT2D eigenvalue weighted by Gasteiger charge is -2.34. The first-order valence-electron chi connectivity index (χ1n) is 11.2. The molecule has 0 saturated carbocycles. The third-order valence-electron chi connectivity index (χ3n) is 5.42. The first-order chi connectivity index (χ1) is 15.8. The van der Waals surface area contributed by atoms with Gasteiger partial charge in [-0.05, 0) is 44.4 Å². The summed E-state index contributed by atoms with van der Waals surface area (Å²) in [6, 6.07) is 29.4. The number of aliphatic hydroxyl groups excluding tert-OH is 1. The summed E-state index contributed by atoms with van der Waals surface area (Å²) in [7, 11) is 0. The first kappa shape index (κ1) is 24.0. The Labute approximate surface area is 196 Å². The summed E-state index contributed by atoms with van der Waals surface area (Å²) >= 11 is 0. The van der Waals surface area contributed by atoms with E-state index < -0.39 is 17.6 Å². The van der Waals surface area contributed by atoms with E-state index in [9.17, 15) is 10.5 Å². The molecule has 0 heterocycles. The van der Waals surface area contributed by atoms with Crippen molar-refractivity contribution in [1.82, 2.24) is 4.90 Å². The lowest BCUT2D eigenvalue weighted by molar-refractivity contribution is -0.0202. The van der Waals surface area contributed by atoms with Crippen molar-refractivity contribution in [3.05, 3.63) is 124 Å². The molecule has 3 rings (SSSR count). The first-order valence-corrected chi connectivity index (χ1v) is 11.2. The van der Waals surface area contributed by atoms with Crippen molar-refractivity contribution in [2.45, 2.75) is 51.9 Å². The zero-order chi connectivity index (χ0) is 23.8. The molecule has 2 atom stereocenters. The van der Waals surface area contributed by atoms with E-state index in [1.807, 2.05) is 87.5 Å². The molecular weight excluding hydrogens is 410 g/mol. The Morgan fingerprint density at radius 2 is 1.36 bits per heavy atom. The van der Waals surface area contributed by atoms with E-state index >= 15 is 0 Å². The topological polar surface area (TPSA) is 60.9 Å². The van der Waals surface area contributed by atoms with Gasteiger partial charge in [0.2, 0.25) is 5.39 Å². The third-order valence-corrected chi connectivity index (χ3v) is 5.42. The van der Waals surface area contributed by atoms with Gasteiger partial charge in [0.15, 0.2) is 11.0 Å². The van der Waals surface area contributed by atoms with Gasteiger partial charge in [0.05, 0.1) is 0 Å². The van der Waals surface area contributed by atoms with Crippen molar-refractivity contribution in [2.75, 3.05) is 0 Å². The fraction of sp³-hybridized carbons (Fsp3) is 0.286. The molecule has 0 unspecified atom stereocenters. The average Bonchev–Trinajstić information content (AvgIpc) is 2.81. The quantitative estimate of drug-likeness (QED) is 0.292. The summed E-state index contributed by atoms with van der Waals surface area (Å²) in [4.78, 5) is 5.76. The van der Waals surface area contributed by atoms with Gasteiger partial charge in [0.1, 0.15) is 5.60 Å². The highest BCUT2D eigenvalue weighted by Crippen LogP contribution is 2.39. The molecule has 0 radical (unpaired) electrons. The van der Waals surface area contributed by atoms with Crippen LogP contribution in [0.4, 0.5) is 0 Å². The van der Waals surface area contributed by atoms with E-state index in [0.29, 0.717) is 6.54 Å². The van der Waals surface area contributed by atoms with Gasteiger partial charge in [-0.3, -0.25) is 4.90 Å². The van der Waals surface area contributed by atoms with Crippen molar-refractivity contribution in [2.24, 2.45) is 0 Å². The highest BCUT2D eigenvalue weighted by Gasteiger charge is 2.41. The Bertz CT molecular complexity index is 1080. The molecule has 3 aromatic rings. The van der Waals surface area contributed by atoms with E-state index in [1.165, 1.54) is 0 Å². The molecule has 5 heteroatoms. The van der Waals surface area contributed by atoms with Gasteiger partial charge in [-0.1, -0.05) is 91.0 Å². The molecule has 0 aliphatic carbocycles. The summed E-state index contributed by atoms with van der Waals surface area (Å²) in [5.41, 5.74) is 2.51. The van der Waals surface area contributed by atoms with Crippen LogP contribution in [0.5, 0.6) is 0 Å². The maximum atomic E-state index is 10.9. The monoisotopic (exact) mass is 442 g/mol. The zero-order valence-corrected chi connectivity index (χ0v) is 19.7. The molecule has 170 valence electrons. The van der Waals surface area contributed by atoms with E-state index in [0.717, 1.165) is 16.7 Å². The summed E-state index contributed by atoms with van der Waals surface area (Å²) in [5.74, 6) is -0.392. The predicted octanol–water partition coefficient (Wildman–Crippen LogP) is 7.39. The zero-order valence-electron chi connectivity index (χ0n) is 19.7. The number of hydrogen-bond donors (Lipinski definition) is 1. The lowest BCUT2D eigenvalue weighted by Crippen LogP contribution is -2.33. The Morgan fingerprint density at radius 1 is 0.879 bits per heavy atom. The molecule has 1 N–H and O–H groups in total. The summed E-state index contributed by atoms with van der Waals surface area (Å²) in [5, 5.41) is 21.0. The van der Waals surface area contributed by atoms with Gasteiger partial charge >= 0.3 is 11.6 Å². The van der Waals surface area contributed by atoms with E-state index in [1.54, 1.807) is 0 Å². The van der Waals surface area contributed by atoms with Crippen LogP contribution in [0.15, 0.2) is 103 Å². The van der Waals surface area contributed by atoms with Gasteiger partial charge in [-0.25, -0.2) is 0 Å². The van der Waals surface area contributed by atoms with Crippen LogP contribution in [0.3, 0.4) is 0 Å². The van der Waals surface area contributed by atoms with Crippen LogP contribution in [-0.4, -0.2) is 15.6 Å². The predicted molar refractivity (Wildman–Crippen MR) is 132 cm³/mol. The second-order valence-electron chi connectivity index (χ2n) is 9.06. The van der Waals surface area contributed by atoms with Gasteiger partial charge in [0.25, 0.3) is 0 Å². The minimum Gasteiger partial charge on any atom is -0.475 e.